The van der Waals surface area contributed by atoms with Gasteiger partial charge < -0.3 is 10.2 Å². The van der Waals surface area contributed by atoms with Gasteiger partial charge in [0.25, 0.3) is 5.91 Å². The van der Waals surface area contributed by atoms with Crippen molar-refractivity contribution in [1.29, 1.82) is 0 Å². The number of nitrogens with zero attached hydrogens (tertiary/aromatic N) is 1. The quantitative estimate of drug-likeness (QED) is 0.859. The molecular weight excluding hydrogens is 272 g/mol. The van der Waals surface area contributed by atoms with Gasteiger partial charge in [-0.05, 0) is 50.3 Å². The Morgan fingerprint density at radius 1 is 1.50 bits per heavy atom. The Morgan fingerprint density at radius 2 is 2.20 bits per heavy atom. The summed E-state index contributed by atoms with van der Waals surface area (Å²) in [5.41, 5.74) is 1.54. The van der Waals surface area contributed by atoms with E-state index in [2.05, 4.69) is 19.2 Å². The van der Waals surface area contributed by atoms with Crippen molar-refractivity contribution in [3.63, 3.8) is 0 Å². The molecule has 1 atom stereocenters. The molecule has 4 heteroatoms. The van der Waals surface area contributed by atoms with E-state index in [-0.39, 0.29) is 5.91 Å². The summed E-state index contributed by atoms with van der Waals surface area (Å²) in [7, 11) is 1.88. The first-order chi connectivity index (χ1) is 9.54. The SMILES string of the molecule is CCCNc1ccc(Cl)cc1C(=O)N(C)C(C)C1CC1. The van der Waals surface area contributed by atoms with Gasteiger partial charge in [-0.1, -0.05) is 18.5 Å². The second-order valence-corrected chi connectivity index (χ2v) is 6.05. The van der Waals surface area contributed by atoms with E-state index in [9.17, 15) is 4.79 Å². The minimum atomic E-state index is 0.0468. The molecule has 2 rings (SSSR count). The fraction of sp³-hybridized carbons (Fsp3) is 0.562. The zero-order chi connectivity index (χ0) is 14.7. The zero-order valence-electron chi connectivity index (χ0n) is 12.4. The van der Waals surface area contributed by atoms with E-state index in [1.807, 2.05) is 24.1 Å². The lowest BCUT2D eigenvalue weighted by atomic mass is 10.1. The standard InChI is InChI=1S/C16H23ClN2O/c1-4-9-18-15-8-7-13(17)10-14(15)16(20)19(3)11(2)12-5-6-12/h7-8,10-12,18H,4-6,9H2,1-3H3. The van der Waals surface area contributed by atoms with Gasteiger partial charge in [0.15, 0.2) is 0 Å². The average molecular weight is 295 g/mol. The fourth-order valence-electron chi connectivity index (χ4n) is 2.38. The smallest absolute Gasteiger partial charge is 0.255 e. The summed E-state index contributed by atoms with van der Waals surface area (Å²) in [5.74, 6) is 0.709. The van der Waals surface area contributed by atoms with Gasteiger partial charge in [0.05, 0.1) is 5.56 Å². The third-order valence-corrected chi connectivity index (χ3v) is 4.25. The van der Waals surface area contributed by atoms with Crippen LogP contribution in [0.25, 0.3) is 0 Å². The summed E-state index contributed by atoms with van der Waals surface area (Å²) in [6.45, 7) is 5.08. The van der Waals surface area contributed by atoms with Gasteiger partial charge in [-0.3, -0.25) is 4.79 Å². The van der Waals surface area contributed by atoms with Crippen molar-refractivity contribution < 1.29 is 4.79 Å². The van der Waals surface area contributed by atoms with E-state index in [1.165, 1.54) is 12.8 Å². The molecular formula is C16H23ClN2O. The van der Waals surface area contributed by atoms with Crippen molar-refractivity contribution in [3.8, 4) is 0 Å². The first kappa shape index (κ1) is 15.2. The fourth-order valence-corrected chi connectivity index (χ4v) is 2.55. The van der Waals surface area contributed by atoms with Crippen LogP contribution in [0.1, 0.15) is 43.5 Å². The van der Waals surface area contributed by atoms with Crippen LogP contribution in [0.5, 0.6) is 0 Å². The summed E-state index contributed by atoms with van der Waals surface area (Å²) in [4.78, 5) is 14.5. The lowest BCUT2D eigenvalue weighted by Crippen LogP contribution is -2.36. The molecule has 0 bridgehead atoms. The molecule has 0 aliphatic heterocycles. The van der Waals surface area contributed by atoms with Crippen molar-refractivity contribution in [2.45, 2.75) is 39.2 Å². The minimum absolute atomic E-state index is 0.0468. The molecule has 20 heavy (non-hydrogen) atoms. The van der Waals surface area contributed by atoms with Crippen molar-refractivity contribution in [2.75, 3.05) is 18.9 Å². The number of amides is 1. The van der Waals surface area contributed by atoms with E-state index in [0.717, 1.165) is 18.7 Å². The highest BCUT2D eigenvalue weighted by atomic mass is 35.5. The van der Waals surface area contributed by atoms with Gasteiger partial charge in [-0.25, -0.2) is 0 Å². The summed E-state index contributed by atoms with van der Waals surface area (Å²) < 4.78 is 0. The summed E-state index contributed by atoms with van der Waals surface area (Å²) in [6.07, 6.45) is 3.48. The Labute approximate surface area is 126 Å². The highest BCUT2D eigenvalue weighted by Crippen LogP contribution is 2.35. The van der Waals surface area contributed by atoms with Crippen LogP contribution in [-0.2, 0) is 0 Å². The van der Waals surface area contributed by atoms with Crippen LogP contribution in [0.2, 0.25) is 5.02 Å². The normalized spacial score (nSPS) is 15.8. The lowest BCUT2D eigenvalue weighted by molar-refractivity contribution is 0.0728. The molecule has 1 aliphatic carbocycles. The molecule has 1 fully saturated rings. The van der Waals surface area contributed by atoms with Crippen LogP contribution in [0, 0.1) is 5.92 Å². The molecule has 1 aliphatic rings. The first-order valence-corrected chi connectivity index (χ1v) is 7.73. The molecule has 1 amide bonds. The van der Waals surface area contributed by atoms with Crippen LogP contribution in [0.4, 0.5) is 5.69 Å². The van der Waals surface area contributed by atoms with Gasteiger partial charge in [0, 0.05) is 30.3 Å². The molecule has 1 saturated carbocycles. The molecule has 1 aromatic carbocycles. The molecule has 110 valence electrons. The molecule has 1 N–H and O–H groups in total. The summed E-state index contributed by atoms with van der Waals surface area (Å²) >= 11 is 6.06. The van der Waals surface area contributed by atoms with E-state index >= 15 is 0 Å². The van der Waals surface area contributed by atoms with Crippen molar-refractivity contribution in [1.82, 2.24) is 4.90 Å². The van der Waals surface area contributed by atoms with Gasteiger partial charge in [0.1, 0.15) is 0 Å². The van der Waals surface area contributed by atoms with E-state index in [0.29, 0.717) is 22.5 Å². The van der Waals surface area contributed by atoms with E-state index < -0.39 is 0 Å². The van der Waals surface area contributed by atoms with E-state index in [4.69, 9.17) is 11.6 Å². The Kier molecular flexibility index (Phi) is 4.92. The van der Waals surface area contributed by atoms with Crippen LogP contribution in [0.3, 0.4) is 0 Å². The molecule has 1 unspecified atom stereocenters. The highest BCUT2D eigenvalue weighted by molar-refractivity contribution is 6.31. The van der Waals surface area contributed by atoms with Gasteiger partial charge in [0.2, 0.25) is 0 Å². The number of anilines is 1. The number of carbonyl (C=O) groups excluding carboxylic acids is 1. The number of hydrogen-bond donors (Lipinski definition) is 1. The van der Waals surface area contributed by atoms with Crippen molar-refractivity contribution >= 4 is 23.2 Å². The van der Waals surface area contributed by atoms with Crippen LogP contribution in [0.15, 0.2) is 18.2 Å². The summed E-state index contributed by atoms with van der Waals surface area (Å²) in [6, 6.07) is 5.76. The molecule has 0 heterocycles. The van der Waals surface area contributed by atoms with Gasteiger partial charge in [-0.15, -0.1) is 0 Å². The molecule has 0 spiro atoms. The maximum atomic E-state index is 12.7. The monoisotopic (exact) mass is 294 g/mol. The van der Waals surface area contributed by atoms with Gasteiger partial charge >= 0.3 is 0 Å². The second kappa shape index (κ2) is 6.49. The lowest BCUT2D eigenvalue weighted by Gasteiger charge is -2.26. The largest absolute Gasteiger partial charge is 0.384 e. The van der Waals surface area contributed by atoms with Crippen LogP contribution < -0.4 is 5.32 Å². The molecule has 0 radical (unpaired) electrons. The van der Waals surface area contributed by atoms with Crippen LogP contribution in [-0.4, -0.2) is 30.4 Å². The van der Waals surface area contributed by atoms with Crippen LogP contribution >= 0.6 is 11.6 Å². The zero-order valence-corrected chi connectivity index (χ0v) is 13.2. The molecule has 0 aromatic heterocycles. The predicted octanol–water partition coefficient (Wildman–Crippen LogP) is 4.03. The Hall–Kier alpha value is -1.22. The molecule has 1 aromatic rings. The van der Waals surface area contributed by atoms with Crippen molar-refractivity contribution in [3.05, 3.63) is 28.8 Å². The second-order valence-electron chi connectivity index (χ2n) is 5.61. The Balaban J connectivity index is 2.20. The van der Waals surface area contributed by atoms with Gasteiger partial charge in [-0.2, -0.15) is 0 Å². The number of hydrogen-bond acceptors (Lipinski definition) is 2. The Morgan fingerprint density at radius 3 is 2.80 bits per heavy atom. The van der Waals surface area contributed by atoms with Crippen molar-refractivity contribution in [2.24, 2.45) is 5.92 Å². The average Bonchev–Trinajstić information content (AvgIpc) is 3.28. The topological polar surface area (TPSA) is 32.3 Å². The maximum Gasteiger partial charge on any atom is 0.255 e. The molecule has 0 saturated heterocycles. The first-order valence-electron chi connectivity index (χ1n) is 7.35. The highest BCUT2D eigenvalue weighted by Gasteiger charge is 2.33. The Bertz CT molecular complexity index is 485. The number of rotatable bonds is 6. The maximum absolute atomic E-state index is 12.7. The summed E-state index contributed by atoms with van der Waals surface area (Å²) in [5, 5.41) is 3.90. The molecule has 3 nitrogen and oxygen atoms in total. The number of halogens is 1. The number of nitrogens with one attached hydrogen (secondary N) is 1. The van der Waals surface area contributed by atoms with E-state index in [1.54, 1.807) is 6.07 Å². The predicted molar refractivity (Wildman–Crippen MR) is 84.5 cm³/mol. The third kappa shape index (κ3) is 3.45. The third-order valence-electron chi connectivity index (χ3n) is 4.01. The minimum Gasteiger partial charge on any atom is -0.384 e. The number of benzene rings is 1. The number of carbonyl (C=O) groups is 1.